The lowest BCUT2D eigenvalue weighted by Gasteiger charge is -2.31. The summed E-state index contributed by atoms with van der Waals surface area (Å²) in [4.78, 5) is 33.4. The average molecular weight is 460 g/mol. The summed E-state index contributed by atoms with van der Waals surface area (Å²) < 4.78 is 24.4. The number of ether oxygens (including phenoxy) is 2. The third-order valence-electron chi connectivity index (χ3n) is 4.66. The predicted octanol–water partition coefficient (Wildman–Crippen LogP) is 2.25. The second-order valence-corrected chi connectivity index (χ2v) is 8.29. The first-order valence-electron chi connectivity index (χ1n) is 9.83. The van der Waals surface area contributed by atoms with Crippen molar-refractivity contribution in [1.29, 1.82) is 0 Å². The van der Waals surface area contributed by atoms with E-state index < -0.39 is 12.8 Å². The number of carbonyl (C=O) groups is 1. The van der Waals surface area contributed by atoms with Gasteiger partial charge in [0.05, 0.1) is 17.7 Å². The van der Waals surface area contributed by atoms with E-state index in [1.54, 1.807) is 44.6 Å². The second-order valence-electron chi connectivity index (χ2n) is 7.22. The molecular formula is C20H22FN7O3S. The van der Waals surface area contributed by atoms with E-state index in [1.807, 2.05) is 4.90 Å². The monoisotopic (exact) mass is 459 g/mol. The Bertz CT molecular complexity index is 1090. The minimum Gasteiger partial charge on any atom is -0.424 e. The lowest BCUT2D eigenvalue weighted by molar-refractivity contribution is 0.0242. The van der Waals surface area contributed by atoms with Gasteiger partial charge in [-0.1, -0.05) is 11.3 Å². The van der Waals surface area contributed by atoms with Crippen molar-refractivity contribution in [1.82, 2.24) is 24.8 Å². The number of nitrogen functional groups attached to an aromatic ring is 1. The number of thiazole rings is 1. The van der Waals surface area contributed by atoms with Gasteiger partial charge in [0, 0.05) is 32.7 Å². The first-order chi connectivity index (χ1) is 15.4. The SMILES string of the molecule is CN(C)C(=O)c1ccc(Oc2nc(-c3cnc(N)s3)nc(N3CCOC(CF)C3)n2)cc1. The third-order valence-corrected chi connectivity index (χ3v) is 5.48. The molecule has 3 heterocycles. The molecule has 1 atom stereocenters. The van der Waals surface area contributed by atoms with Gasteiger partial charge in [-0.2, -0.15) is 15.0 Å². The number of morpholine rings is 1. The number of nitrogens with zero attached hydrogens (tertiary/aromatic N) is 6. The van der Waals surface area contributed by atoms with Crippen molar-refractivity contribution in [2.24, 2.45) is 0 Å². The standard InChI is InChI=1S/C20H22FN7O3S/c1-27(2)17(29)12-3-5-13(6-4-12)31-20-25-16(15-10-23-18(22)32-15)24-19(26-20)28-7-8-30-14(9-21)11-28/h3-6,10,14H,7-9,11H2,1-2H3,(H2,22,23). The first kappa shape index (κ1) is 21.8. The van der Waals surface area contributed by atoms with Gasteiger partial charge in [0.15, 0.2) is 11.0 Å². The molecule has 2 aromatic heterocycles. The minimum atomic E-state index is -0.596. The van der Waals surface area contributed by atoms with E-state index in [9.17, 15) is 9.18 Å². The molecule has 0 radical (unpaired) electrons. The Hall–Kier alpha value is -3.38. The fourth-order valence-corrected chi connectivity index (χ4v) is 3.68. The van der Waals surface area contributed by atoms with E-state index in [2.05, 4.69) is 19.9 Å². The van der Waals surface area contributed by atoms with Crippen LogP contribution in [0.3, 0.4) is 0 Å². The van der Waals surface area contributed by atoms with Crippen LogP contribution in [0.4, 0.5) is 15.5 Å². The largest absolute Gasteiger partial charge is 0.424 e. The van der Waals surface area contributed by atoms with Gasteiger partial charge in [0.25, 0.3) is 5.91 Å². The number of hydrogen-bond acceptors (Lipinski definition) is 10. The maximum Gasteiger partial charge on any atom is 0.327 e. The zero-order valence-electron chi connectivity index (χ0n) is 17.6. The summed E-state index contributed by atoms with van der Waals surface area (Å²) in [5, 5.41) is 0.384. The summed E-state index contributed by atoms with van der Waals surface area (Å²) in [5.41, 5.74) is 6.29. The van der Waals surface area contributed by atoms with Crippen LogP contribution in [0.1, 0.15) is 10.4 Å². The van der Waals surface area contributed by atoms with Crippen molar-refractivity contribution < 1.29 is 18.7 Å². The van der Waals surface area contributed by atoms with Crippen LogP contribution in [0.5, 0.6) is 11.8 Å². The van der Waals surface area contributed by atoms with Crippen LogP contribution in [0.15, 0.2) is 30.5 Å². The third kappa shape index (κ3) is 4.92. The van der Waals surface area contributed by atoms with Gasteiger partial charge in [0.2, 0.25) is 5.95 Å². The predicted molar refractivity (Wildman–Crippen MR) is 118 cm³/mol. The lowest BCUT2D eigenvalue weighted by Crippen LogP contribution is -2.44. The van der Waals surface area contributed by atoms with Crippen molar-refractivity contribution in [2.45, 2.75) is 6.10 Å². The Morgan fingerprint density at radius 1 is 1.31 bits per heavy atom. The summed E-state index contributed by atoms with van der Waals surface area (Å²) in [7, 11) is 3.37. The maximum absolute atomic E-state index is 13.1. The van der Waals surface area contributed by atoms with Gasteiger partial charge in [-0.15, -0.1) is 0 Å². The molecule has 2 N–H and O–H groups in total. The van der Waals surface area contributed by atoms with Crippen LogP contribution in [0, 0.1) is 0 Å². The zero-order chi connectivity index (χ0) is 22.7. The molecule has 1 aliphatic rings. The van der Waals surface area contributed by atoms with Crippen LogP contribution in [0.2, 0.25) is 0 Å². The summed E-state index contributed by atoms with van der Waals surface area (Å²) in [6.07, 6.45) is 1.03. The van der Waals surface area contributed by atoms with E-state index in [4.69, 9.17) is 15.2 Å². The molecule has 1 aliphatic heterocycles. The lowest BCUT2D eigenvalue weighted by atomic mass is 10.2. The van der Waals surface area contributed by atoms with Gasteiger partial charge in [-0.05, 0) is 24.3 Å². The number of alkyl halides is 1. The Kier molecular flexibility index (Phi) is 6.42. The Balaban J connectivity index is 1.64. The highest BCUT2D eigenvalue weighted by molar-refractivity contribution is 7.18. The molecule has 0 aliphatic carbocycles. The number of amides is 1. The number of benzene rings is 1. The van der Waals surface area contributed by atoms with Crippen molar-refractivity contribution in [3.63, 3.8) is 0 Å². The number of carbonyl (C=O) groups excluding carboxylic acids is 1. The molecule has 12 heteroatoms. The topological polar surface area (TPSA) is 120 Å². The average Bonchev–Trinajstić information content (AvgIpc) is 3.25. The van der Waals surface area contributed by atoms with Gasteiger partial charge < -0.3 is 25.0 Å². The molecule has 10 nitrogen and oxygen atoms in total. The zero-order valence-corrected chi connectivity index (χ0v) is 18.4. The molecule has 1 aromatic carbocycles. The molecule has 3 aromatic rings. The van der Waals surface area contributed by atoms with E-state index in [0.717, 1.165) is 0 Å². The fourth-order valence-electron chi connectivity index (χ4n) is 3.06. The van der Waals surface area contributed by atoms with E-state index >= 15 is 0 Å². The highest BCUT2D eigenvalue weighted by atomic mass is 32.1. The van der Waals surface area contributed by atoms with Crippen LogP contribution < -0.4 is 15.4 Å². The Labute approximate surface area is 187 Å². The molecule has 0 spiro atoms. The maximum atomic E-state index is 13.1. The van der Waals surface area contributed by atoms with Crippen molar-refractivity contribution in [3.8, 4) is 22.5 Å². The number of anilines is 2. The van der Waals surface area contributed by atoms with Crippen LogP contribution in [0.25, 0.3) is 10.7 Å². The Morgan fingerprint density at radius 2 is 2.09 bits per heavy atom. The van der Waals surface area contributed by atoms with E-state index in [-0.39, 0.29) is 11.9 Å². The van der Waals surface area contributed by atoms with Crippen LogP contribution in [-0.2, 0) is 4.74 Å². The van der Waals surface area contributed by atoms with Gasteiger partial charge in [0.1, 0.15) is 18.5 Å². The fraction of sp³-hybridized carbons (Fsp3) is 0.350. The van der Waals surface area contributed by atoms with Crippen molar-refractivity contribution in [2.75, 3.05) is 51.1 Å². The van der Waals surface area contributed by atoms with Crippen molar-refractivity contribution >= 4 is 28.3 Å². The Morgan fingerprint density at radius 3 is 2.75 bits per heavy atom. The van der Waals surface area contributed by atoms with E-state index in [0.29, 0.717) is 52.8 Å². The highest BCUT2D eigenvalue weighted by Gasteiger charge is 2.24. The number of aromatic nitrogens is 4. The number of halogens is 1. The quantitative estimate of drug-likeness (QED) is 0.592. The molecule has 1 unspecified atom stereocenters. The number of hydrogen-bond donors (Lipinski definition) is 1. The molecular weight excluding hydrogens is 437 g/mol. The second kappa shape index (κ2) is 9.40. The smallest absolute Gasteiger partial charge is 0.327 e. The minimum absolute atomic E-state index is 0.0620. The van der Waals surface area contributed by atoms with E-state index in [1.165, 1.54) is 16.2 Å². The van der Waals surface area contributed by atoms with Gasteiger partial charge in [-0.25, -0.2) is 9.37 Å². The van der Waals surface area contributed by atoms with Gasteiger partial charge >= 0.3 is 6.01 Å². The number of rotatable bonds is 6. The molecule has 0 bridgehead atoms. The van der Waals surface area contributed by atoms with Crippen LogP contribution in [-0.4, -0.2) is 77.3 Å². The summed E-state index contributed by atoms with van der Waals surface area (Å²) in [6, 6.07) is 6.72. The molecule has 1 fully saturated rings. The summed E-state index contributed by atoms with van der Waals surface area (Å²) in [6.45, 7) is 0.582. The van der Waals surface area contributed by atoms with Crippen LogP contribution >= 0.6 is 11.3 Å². The molecule has 0 saturated carbocycles. The molecule has 168 valence electrons. The highest BCUT2D eigenvalue weighted by Crippen LogP contribution is 2.29. The molecule has 1 saturated heterocycles. The molecule has 4 rings (SSSR count). The molecule has 32 heavy (non-hydrogen) atoms. The van der Waals surface area contributed by atoms with Crippen molar-refractivity contribution in [3.05, 3.63) is 36.0 Å². The summed E-state index contributed by atoms with van der Waals surface area (Å²) in [5.74, 6) is 1.04. The summed E-state index contributed by atoms with van der Waals surface area (Å²) >= 11 is 1.24. The van der Waals surface area contributed by atoms with Gasteiger partial charge in [-0.3, -0.25) is 4.79 Å². The number of nitrogens with two attached hydrogens (primary N) is 1. The first-order valence-corrected chi connectivity index (χ1v) is 10.6. The molecule has 1 amide bonds. The normalized spacial score (nSPS) is 16.1.